The Kier molecular flexibility index (Phi) is 3.95. The van der Waals surface area contributed by atoms with Crippen LogP contribution in [-0.4, -0.2) is 11.6 Å². The van der Waals surface area contributed by atoms with Crippen molar-refractivity contribution in [3.8, 4) is 0 Å². The minimum absolute atomic E-state index is 0.228. The van der Waals surface area contributed by atoms with Crippen LogP contribution in [-0.2, 0) is 9.53 Å². The molecular formula is C13H22O2. The Morgan fingerprint density at radius 3 is 2.67 bits per heavy atom. The van der Waals surface area contributed by atoms with Crippen LogP contribution >= 0.6 is 0 Å². The van der Waals surface area contributed by atoms with Gasteiger partial charge in [0.25, 0.3) is 0 Å². The molecule has 2 heteroatoms. The lowest BCUT2D eigenvalue weighted by molar-refractivity contribution is -0.165. The van der Waals surface area contributed by atoms with E-state index in [2.05, 4.69) is 20.4 Å². The number of ether oxygens (including phenoxy) is 1. The third-order valence-corrected chi connectivity index (χ3v) is 3.63. The topological polar surface area (TPSA) is 26.3 Å². The molecule has 0 amide bonds. The number of rotatable bonds is 3. The summed E-state index contributed by atoms with van der Waals surface area (Å²) < 4.78 is 5.66. The summed E-state index contributed by atoms with van der Waals surface area (Å²) in [5, 5.41) is 0. The van der Waals surface area contributed by atoms with Crippen LogP contribution in [0.3, 0.4) is 0 Å². The molecule has 1 saturated carbocycles. The molecule has 86 valence electrons. The fraction of sp³-hybridized carbons (Fsp3) is 0.769. The highest BCUT2D eigenvalue weighted by Crippen LogP contribution is 2.39. The van der Waals surface area contributed by atoms with E-state index in [0.717, 1.165) is 19.3 Å². The summed E-state index contributed by atoms with van der Waals surface area (Å²) in [6.07, 6.45) is 5.50. The highest BCUT2D eigenvalue weighted by Gasteiger charge is 2.40. The molecule has 1 aliphatic carbocycles. The average molecular weight is 210 g/mol. The van der Waals surface area contributed by atoms with Gasteiger partial charge in [0.05, 0.1) is 0 Å². The molecule has 0 aromatic rings. The molecule has 2 atom stereocenters. The minimum Gasteiger partial charge on any atom is -0.455 e. The highest BCUT2D eigenvalue weighted by atomic mass is 16.6. The van der Waals surface area contributed by atoms with Crippen molar-refractivity contribution >= 4 is 5.97 Å². The molecule has 2 nitrogen and oxygen atoms in total. The zero-order chi connectivity index (χ0) is 11.5. The Labute approximate surface area is 92.7 Å². The maximum absolute atomic E-state index is 11.6. The largest absolute Gasteiger partial charge is 0.455 e. The Bertz CT molecular complexity index is 257. The molecular weight excluding hydrogens is 188 g/mol. The first-order chi connectivity index (χ1) is 7.02. The van der Waals surface area contributed by atoms with E-state index in [-0.39, 0.29) is 11.6 Å². The van der Waals surface area contributed by atoms with Crippen molar-refractivity contribution in [2.45, 2.75) is 58.5 Å². The zero-order valence-electron chi connectivity index (χ0n) is 10.1. The van der Waals surface area contributed by atoms with Crippen molar-refractivity contribution in [1.82, 2.24) is 0 Å². The number of esters is 1. The summed E-state index contributed by atoms with van der Waals surface area (Å²) >= 11 is 0. The number of hydrogen-bond donors (Lipinski definition) is 0. The zero-order valence-corrected chi connectivity index (χ0v) is 10.1. The Morgan fingerprint density at radius 2 is 2.20 bits per heavy atom. The van der Waals surface area contributed by atoms with Crippen LogP contribution in [0.5, 0.6) is 0 Å². The van der Waals surface area contributed by atoms with E-state index in [0.29, 0.717) is 11.5 Å². The minimum atomic E-state index is -0.231. The van der Waals surface area contributed by atoms with Gasteiger partial charge in [0.1, 0.15) is 5.60 Å². The Hall–Kier alpha value is -0.790. The van der Waals surface area contributed by atoms with Crippen LogP contribution < -0.4 is 0 Å². The van der Waals surface area contributed by atoms with Crippen LogP contribution in [0.2, 0.25) is 0 Å². The molecule has 0 bridgehead atoms. The van der Waals surface area contributed by atoms with E-state index in [1.54, 1.807) is 6.92 Å². The predicted molar refractivity (Wildman–Crippen MR) is 61.6 cm³/mol. The molecule has 0 aromatic heterocycles. The quantitative estimate of drug-likeness (QED) is 0.526. The molecule has 0 aromatic carbocycles. The van der Waals surface area contributed by atoms with Gasteiger partial charge in [-0.2, -0.15) is 0 Å². The Morgan fingerprint density at radius 1 is 1.53 bits per heavy atom. The average Bonchev–Trinajstić information content (AvgIpc) is 2.21. The second-order valence-electron chi connectivity index (χ2n) is 4.74. The van der Waals surface area contributed by atoms with Gasteiger partial charge in [-0.05, 0) is 38.5 Å². The third-order valence-electron chi connectivity index (χ3n) is 3.63. The van der Waals surface area contributed by atoms with E-state index in [1.807, 2.05) is 0 Å². The standard InChI is InChI=1S/C13H22O2/c1-5-13(15-12(14)10(2)3)9-7-6-8-11(13)4/h11H,2,5-9H2,1,3-4H3. The maximum Gasteiger partial charge on any atom is 0.333 e. The van der Waals surface area contributed by atoms with E-state index in [1.165, 1.54) is 12.8 Å². The molecule has 0 N–H and O–H groups in total. The summed E-state index contributed by atoms with van der Waals surface area (Å²) in [7, 11) is 0. The maximum atomic E-state index is 11.6. The molecule has 0 aliphatic heterocycles. The first-order valence-electron chi connectivity index (χ1n) is 5.90. The molecule has 2 unspecified atom stereocenters. The van der Waals surface area contributed by atoms with Gasteiger partial charge in [-0.1, -0.05) is 26.8 Å². The van der Waals surface area contributed by atoms with Gasteiger partial charge in [0, 0.05) is 5.57 Å². The first kappa shape index (κ1) is 12.3. The van der Waals surface area contributed by atoms with Crippen molar-refractivity contribution in [1.29, 1.82) is 0 Å². The predicted octanol–water partition coefficient (Wildman–Crippen LogP) is 3.46. The van der Waals surface area contributed by atoms with Crippen molar-refractivity contribution in [2.75, 3.05) is 0 Å². The van der Waals surface area contributed by atoms with Gasteiger partial charge < -0.3 is 4.74 Å². The van der Waals surface area contributed by atoms with Crippen LogP contribution in [0.25, 0.3) is 0 Å². The van der Waals surface area contributed by atoms with Gasteiger partial charge in [-0.25, -0.2) is 4.79 Å². The van der Waals surface area contributed by atoms with Gasteiger partial charge in [-0.3, -0.25) is 0 Å². The van der Waals surface area contributed by atoms with Crippen LogP contribution in [0.1, 0.15) is 52.9 Å². The summed E-state index contributed by atoms with van der Waals surface area (Å²) in [6, 6.07) is 0. The first-order valence-corrected chi connectivity index (χ1v) is 5.90. The van der Waals surface area contributed by atoms with Crippen LogP contribution in [0.4, 0.5) is 0 Å². The molecule has 15 heavy (non-hydrogen) atoms. The van der Waals surface area contributed by atoms with Gasteiger partial charge >= 0.3 is 5.97 Å². The second kappa shape index (κ2) is 4.82. The van der Waals surface area contributed by atoms with Crippen LogP contribution in [0.15, 0.2) is 12.2 Å². The summed E-state index contributed by atoms with van der Waals surface area (Å²) in [4.78, 5) is 11.6. The lowest BCUT2D eigenvalue weighted by atomic mass is 9.74. The molecule has 1 aliphatic rings. The van der Waals surface area contributed by atoms with E-state index in [9.17, 15) is 4.79 Å². The SMILES string of the molecule is C=C(C)C(=O)OC1(CC)CCCCC1C. The lowest BCUT2D eigenvalue weighted by Gasteiger charge is -2.41. The summed E-state index contributed by atoms with van der Waals surface area (Å²) in [5.74, 6) is 0.241. The fourth-order valence-electron chi connectivity index (χ4n) is 2.40. The van der Waals surface area contributed by atoms with Crippen LogP contribution in [0, 0.1) is 5.92 Å². The van der Waals surface area contributed by atoms with Gasteiger partial charge in [-0.15, -0.1) is 0 Å². The normalized spacial score (nSPS) is 31.0. The van der Waals surface area contributed by atoms with Gasteiger partial charge in [0.15, 0.2) is 0 Å². The fourth-order valence-corrected chi connectivity index (χ4v) is 2.40. The van der Waals surface area contributed by atoms with E-state index < -0.39 is 0 Å². The van der Waals surface area contributed by atoms with Crippen molar-refractivity contribution in [3.05, 3.63) is 12.2 Å². The molecule has 1 fully saturated rings. The second-order valence-corrected chi connectivity index (χ2v) is 4.74. The number of carbonyl (C=O) groups excluding carboxylic acids is 1. The monoisotopic (exact) mass is 210 g/mol. The van der Waals surface area contributed by atoms with Gasteiger partial charge in [0.2, 0.25) is 0 Å². The highest BCUT2D eigenvalue weighted by molar-refractivity contribution is 5.87. The van der Waals surface area contributed by atoms with Crippen molar-refractivity contribution in [3.63, 3.8) is 0 Å². The lowest BCUT2D eigenvalue weighted by Crippen LogP contribution is -2.43. The Balaban J connectivity index is 2.74. The number of carbonyl (C=O) groups is 1. The molecule has 0 radical (unpaired) electrons. The molecule has 0 saturated heterocycles. The summed E-state index contributed by atoms with van der Waals surface area (Å²) in [5.41, 5.74) is 0.273. The van der Waals surface area contributed by atoms with E-state index >= 15 is 0 Å². The van der Waals surface area contributed by atoms with E-state index in [4.69, 9.17) is 4.74 Å². The smallest absolute Gasteiger partial charge is 0.333 e. The molecule has 0 heterocycles. The van der Waals surface area contributed by atoms with Crippen molar-refractivity contribution in [2.24, 2.45) is 5.92 Å². The summed E-state index contributed by atoms with van der Waals surface area (Å²) in [6.45, 7) is 9.64. The third kappa shape index (κ3) is 2.61. The molecule has 0 spiro atoms. The molecule has 1 rings (SSSR count). The van der Waals surface area contributed by atoms with Crippen molar-refractivity contribution < 1.29 is 9.53 Å². The number of hydrogen-bond acceptors (Lipinski definition) is 2.